The molecule has 16 heavy (non-hydrogen) atoms. The Morgan fingerprint density at radius 2 is 2.06 bits per heavy atom. The third-order valence-electron chi connectivity index (χ3n) is 2.26. The first-order chi connectivity index (χ1) is 7.39. The van der Waals surface area contributed by atoms with Crippen molar-refractivity contribution in [2.24, 2.45) is 0 Å². The number of hydrogen-bond acceptors (Lipinski definition) is 3. The number of benzene rings is 1. The highest BCUT2D eigenvalue weighted by Crippen LogP contribution is 2.33. The predicted molar refractivity (Wildman–Crippen MR) is 59.7 cm³/mol. The molecular formula is C9H8Cl2O4S. The van der Waals surface area contributed by atoms with Gasteiger partial charge in [0, 0.05) is 11.4 Å². The maximum atomic E-state index is 11.0. The molecule has 1 aromatic carbocycles. The van der Waals surface area contributed by atoms with Gasteiger partial charge in [0.1, 0.15) is 4.90 Å². The Balaban J connectivity index is 2.49. The van der Waals surface area contributed by atoms with Crippen LogP contribution in [0.2, 0.25) is 10.0 Å². The summed E-state index contributed by atoms with van der Waals surface area (Å²) in [5.74, 6) is 0. The molecule has 1 fully saturated rings. The van der Waals surface area contributed by atoms with Crippen LogP contribution in [-0.4, -0.2) is 25.7 Å². The zero-order chi connectivity index (χ0) is 11.9. The fraction of sp³-hybridized carbons (Fsp3) is 0.333. The van der Waals surface area contributed by atoms with Gasteiger partial charge in [0.05, 0.1) is 17.7 Å². The van der Waals surface area contributed by atoms with Gasteiger partial charge < -0.3 is 4.74 Å². The first kappa shape index (κ1) is 12.1. The molecule has 2 rings (SSSR count). The molecule has 1 aromatic rings. The van der Waals surface area contributed by atoms with E-state index < -0.39 is 10.1 Å². The van der Waals surface area contributed by atoms with Crippen LogP contribution in [0.4, 0.5) is 0 Å². The van der Waals surface area contributed by atoms with Crippen molar-refractivity contribution < 1.29 is 17.7 Å². The fourth-order valence-electron chi connectivity index (χ4n) is 1.38. The molecular weight excluding hydrogens is 275 g/mol. The SMILES string of the molecule is O=S(=O)(O)c1ccc(Cl)c(C[C@H]2CO2)c1Cl. The number of rotatable bonds is 3. The molecule has 0 saturated carbocycles. The van der Waals surface area contributed by atoms with E-state index >= 15 is 0 Å². The summed E-state index contributed by atoms with van der Waals surface area (Å²) in [5.41, 5.74) is 0.487. The number of halogens is 2. The van der Waals surface area contributed by atoms with Crippen molar-refractivity contribution in [3.8, 4) is 0 Å². The van der Waals surface area contributed by atoms with E-state index in [9.17, 15) is 8.42 Å². The van der Waals surface area contributed by atoms with Gasteiger partial charge in [-0.1, -0.05) is 23.2 Å². The van der Waals surface area contributed by atoms with E-state index in [4.69, 9.17) is 32.5 Å². The zero-order valence-electron chi connectivity index (χ0n) is 7.98. The molecule has 0 spiro atoms. The standard InChI is InChI=1S/C9H8Cl2O4S/c10-7-1-2-8(16(12,13)14)9(11)6(7)3-5-4-15-5/h1-2,5H,3-4H2,(H,12,13,14)/t5-/m0/s1. The molecule has 0 amide bonds. The van der Waals surface area contributed by atoms with E-state index in [-0.39, 0.29) is 16.0 Å². The Bertz CT molecular complexity index is 523. The van der Waals surface area contributed by atoms with Crippen LogP contribution in [0.15, 0.2) is 17.0 Å². The summed E-state index contributed by atoms with van der Waals surface area (Å²) in [6, 6.07) is 2.57. The van der Waals surface area contributed by atoms with Crippen molar-refractivity contribution in [1.82, 2.24) is 0 Å². The van der Waals surface area contributed by atoms with Crippen LogP contribution in [0.25, 0.3) is 0 Å². The van der Waals surface area contributed by atoms with Gasteiger partial charge in [-0.2, -0.15) is 8.42 Å². The molecule has 1 N–H and O–H groups in total. The topological polar surface area (TPSA) is 66.9 Å². The number of epoxide rings is 1. The minimum atomic E-state index is -4.32. The molecule has 1 heterocycles. The van der Waals surface area contributed by atoms with Gasteiger partial charge in [0.25, 0.3) is 10.1 Å². The second kappa shape index (κ2) is 4.16. The van der Waals surface area contributed by atoms with Gasteiger partial charge in [-0.25, -0.2) is 0 Å². The lowest BCUT2D eigenvalue weighted by Crippen LogP contribution is -2.03. The Morgan fingerprint density at radius 3 is 2.56 bits per heavy atom. The Kier molecular flexibility index (Phi) is 3.16. The summed E-state index contributed by atoms with van der Waals surface area (Å²) in [6.07, 6.45) is 0.479. The lowest BCUT2D eigenvalue weighted by atomic mass is 10.1. The molecule has 1 saturated heterocycles. The van der Waals surface area contributed by atoms with Crippen molar-refractivity contribution in [2.45, 2.75) is 17.4 Å². The highest BCUT2D eigenvalue weighted by molar-refractivity contribution is 7.86. The summed E-state index contributed by atoms with van der Waals surface area (Å²) in [5, 5.41) is 0.332. The fourth-order valence-corrected chi connectivity index (χ4v) is 2.78. The Morgan fingerprint density at radius 1 is 1.44 bits per heavy atom. The van der Waals surface area contributed by atoms with E-state index in [0.717, 1.165) is 0 Å². The van der Waals surface area contributed by atoms with Gasteiger partial charge >= 0.3 is 0 Å². The van der Waals surface area contributed by atoms with E-state index in [1.54, 1.807) is 0 Å². The van der Waals surface area contributed by atoms with Gasteiger partial charge in [0.2, 0.25) is 0 Å². The Labute approximate surface area is 103 Å². The van der Waals surface area contributed by atoms with Gasteiger partial charge in [-0.3, -0.25) is 4.55 Å². The molecule has 1 aliphatic rings. The molecule has 0 radical (unpaired) electrons. The highest BCUT2D eigenvalue weighted by atomic mass is 35.5. The van der Waals surface area contributed by atoms with Crippen molar-refractivity contribution in [3.05, 3.63) is 27.7 Å². The summed E-state index contributed by atoms with van der Waals surface area (Å²) in [7, 11) is -4.32. The second-order valence-electron chi connectivity index (χ2n) is 3.47. The quantitative estimate of drug-likeness (QED) is 0.682. The van der Waals surface area contributed by atoms with Crippen LogP contribution < -0.4 is 0 Å². The maximum absolute atomic E-state index is 11.0. The monoisotopic (exact) mass is 282 g/mol. The average Bonchev–Trinajstić information content (AvgIpc) is 2.93. The van der Waals surface area contributed by atoms with Crippen LogP contribution in [-0.2, 0) is 21.3 Å². The molecule has 0 aromatic heterocycles. The van der Waals surface area contributed by atoms with Crippen molar-refractivity contribution in [1.29, 1.82) is 0 Å². The average molecular weight is 283 g/mol. The van der Waals surface area contributed by atoms with Crippen LogP contribution in [0.1, 0.15) is 5.56 Å². The summed E-state index contributed by atoms with van der Waals surface area (Å²) < 4.78 is 36.0. The van der Waals surface area contributed by atoms with Crippen molar-refractivity contribution in [3.63, 3.8) is 0 Å². The van der Waals surface area contributed by atoms with Crippen LogP contribution >= 0.6 is 23.2 Å². The second-order valence-corrected chi connectivity index (χ2v) is 5.65. The van der Waals surface area contributed by atoms with Crippen LogP contribution in [0.5, 0.6) is 0 Å². The maximum Gasteiger partial charge on any atom is 0.296 e. The number of ether oxygens (including phenoxy) is 1. The molecule has 0 bridgehead atoms. The van der Waals surface area contributed by atoms with E-state index in [2.05, 4.69) is 0 Å². The molecule has 0 aliphatic carbocycles. The molecule has 4 nitrogen and oxygen atoms in total. The lowest BCUT2D eigenvalue weighted by molar-refractivity contribution is 0.407. The van der Waals surface area contributed by atoms with Gasteiger partial charge in [-0.15, -0.1) is 0 Å². The number of hydrogen-bond donors (Lipinski definition) is 1. The minimum absolute atomic E-state index is 0.0339. The minimum Gasteiger partial charge on any atom is -0.373 e. The first-order valence-corrected chi connectivity index (χ1v) is 6.65. The first-order valence-electron chi connectivity index (χ1n) is 4.45. The predicted octanol–water partition coefficient (Wildman–Crippen LogP) is 2.18. The van der Waals surface area contributed by atoms with Crippen LogP contribution in [0.3, 0.4) is 0 Å². The summed E-state index contributed by atoms with van der Waals surface area (Å²) >= 11 is 11.8. The van der Waals surface area contributed by atoms with Crippen LogP contribution in [0, 0.1) is 0 Å². The molecule has 88 valence electrons. The molecule has 7 heteroatoms. The van der Waals surface area contributed by atoms with Gasteiger partial charge in [-0.05, 0) is 17.7 Å². The van der Waals surface area contributed by atoms with E-state index in [1.807, 2.05) is 0 Å². The third kappa shape index (κ3) is 2.49. The lowest BCUT2D eigenvalue weighted by Gasteiger charge is -2.08. The molecule has 1 aliphatic heterocycles. The molecule has 0 unspecified atom stereocenters. The Hall–Kier alpha value is -0.330. The van der Waals surface area contributed by atoms with Crippen molar-refractivity contribution >= 4 is 33.3 Å². The van der Waals surface area contributed by atoms with E-state index in [1.165, 1.54) is 12.1 Å². The third-order valence-corrected chi connectivity index (χ3v) is 4.06. The van der Waals surface area contributed by atoms with E-state index in [0.29, 0.717) is 23.6 Å². The molecule has 1 atom stereocenters. The normalized spacial score (nSPS) is 19.8. The largest absolute Gasteiger partial charge is 0.373 e. The summed E-state index contributed by atoms with van der Waals surface area (Å²) in [6.45, 7) is 0.614. The van der Waals surface area contributed by atoms with Crippen molar-refractivity contribution in [2.75, 3.05) is 6.61 Å². The highest BCUT2D eigenvalue weighted by Gasteiger charge is 2.27. The zero-order valence-corrected chi connectivity index (χ0v) is 10.3. The summed E-state index contributed by atoms with van der Waals surface area (Å²) in [4.78, 5) is -0.325. The smallest absolute Gasteiger partial charge is 0.296 e. The van der Waals surface area contributed by atoms with Gasteiger partial charge in [0.15, 0.2) is 0 Å².